The number of halogens is 1. The van der Waals surface area contributed by atoms with Crippen LogP contribution in [0.4, 0.5) is 0 Å². The van der Waals surface area contributed by atoms with Crippen LogP contribution in [0.15, 0.2) is 34.9 Å². The van der Waals surface area contributed by atoms with E-state index in [-0.39, 0.29) is 0 Å². The van der Waals surface area contributed by atoms with E-state index in [2.05, 4.69) is 4.29 Å². The summed E-state index contributed by atoms with van der Waals surface area (Å²) in [5, 5.41) is 1.04. The second kappa shape index (κ2) is 2.47. The van der Waals surface area contributed by atoms with Gasteiger partial charge in [0, 0.05) is 11.5 Å². The molecule has 0 aliphatic heterocycles. The molecule has 11 heavy (non-hydrogen) atoms. The maximum absolute atomic E-state index is 5.15. The minimum absolute atomic E-state index is 0.592. The number of rotatable bonds is 1. The van der Waals surface area contributed by atoms with Crippen LogP contribution in [0.5, 0.6) is 5.75 Å². The van der Waals surface area contributed by atoms with Crippen molar-refractivity contribution in [3.05, 3.63) is 30.5 Å². The standard InChI is InChI=1S/C8H5ClO2/c9-11-7-2-1-6-3-4-10-8(6)5-7/h1-5H. The molecule has 0 N–H and O–H groups in total. The summed E-state index contributed by atoms with van der Waals surface area (Å²) in [5.41, 5.74) is 0.781. The first-order chi connectivity index (χ1) is 5.40. The molecule has 2 nitrogen and oxygen atoms in total. The van der Waals surface area contributed by atoms with E-state index in [0.717, 1.165) is 11.0 Å². The predicted octanol–water partition coefficient (Wildman–Crippen LogP) is 2.97. The normalized spacial score (nSPS) is 10.3. The van der Waals surface area contributed by atoms with E-state index < -0.39 is 0 Å². The molecule has 0 unspecified atom stereocenters. The molecule has 0 saturated heterocycles. The van der Waals surface area contributed by atoms with E-state index in [1.807, 2.05) is 12.1 Å². The van der Waals surface area contributed by atoms with E-state index in [4.69, 9.17) is 16.3 Å². The third kappa shape index (κ3) is 1.05. The zero-order valence-corrected chi connectivity index (χ0v) is 6.34. The minimum atomic E-state index is 0.592. The summed E-state index contributed by atoms with van der Waals surface area (Å²) in [5.74, 6) is 0.592. The van der Waals surface area contributed by atoms with E-state index in [1.165, 1.54) is 0 Å². The lowest BCUT2D eigenvalue weighted by Gasteiger charge is -1.93. The zero-order valence-electron chi connectivity index (χ0n) is 5.58. The van der Waals surface area contributed by atoms with Crippen LogP contribution in [0.2, 0.25) is 0 Å². The van der Waals surface area contributed by atoms with Gasteiger partial charge in [-0.15, -0.1) is 0 Å². The van der Waals surface area contributed by atoms with Gasteiger partial charge in [-0.3, -0.25) is 0 Å². The molecule has 56 valence electrons. The van der Waals surface area contributed by atoms with Crippen LogP contribution in [0.25, 0.3) is 11.0 Å². The van der Waals surface area contributed by atoms with Crippen molar-refractivity contribution in [3.8, 4) is 5.75 Å². The molecule has 1 aromatic carbocycles. The third-order valence-corrected chi connectivity index (χ3v) is 1.69. The van der Waals surface area contributed by atoms with Crippen molar-refractivity contribution >= 4 is 22.8 Å². The van der Waals surface area contributed by atoms with Crippen molar-refractivity contribution in [2.75, 3.05) is 0 Å². The van der Waals surface area contributed by atoms with E-state index >= 15 is 0 Å². The van der Waals surface area contributed by atoms with Gasteiger partial charge in [-0.25, -0.2) is 0 Å². The lowest BCUT2D eigenvalue weighted by Crippen LogP contribution is -1.72. The molecular weight excluding hydrogens is 164 g/mol. The first-order valence-electron chi connectivity index (χ1n) is 3.16. The quantitative estimate of drug-likeness (QED) is 0.653. The first kappa shape index (κ1) is 6.55. The summed E-state index contributed by atoms with van der Waals surface area (Å²) in [6, 6.07) is 7.29. The van der Waals surface area contributed by atoms with Gasteiger partial charge >= 0.3 is 0 Å². The molecule has 0 saturated carbocycles. The number of benzene rings is 1. The van der Waals surface area contributed by atoms with Crippen molar-refractivity contribution in [1.29, 1.82) is 0 Å². The highest BCUT2D eigenvalue weighted by atomic mass is 35.5. The number of fused-ring (bicyclic) bond motifs is 1. The summed E-state index contributed by atoms with van der Waals surface area (Å²) in [6.45, 7) is 0. The Hall–Kier alpha value is -1.15. The van der Waals surface area contributed by atoms with Gasteiger partial charge in [-0.2, -0.15) is 0 Å². The molecule has 3 heteroatoms. The topological polar surface area (TPSA) is 22.4 Å². The van der Waals surface area contributed by atoms with Crippen LogP contribution < -0.4 is 4.29 Å². The molecule has 0 amide bonds. The average Bonchev–Trinajstić information content (AvgIpc) is 2.50. The Morgan fingerprint density at radius 3 is 3.00 bits per heavy atom. The fourth-order valence-electron chi connectivity index (χ4n) is 0.983. The highest BCUT2D eigenvalue weighted by Crippen LogP contribution is 2.21. The molecule has 2 aromatic rings. The van der Waals surface area contributed by atoms with E-state index in [1.54, 1.807) is 18.4 Å². The van der Waals surface area contributed by atoms with Gasteiger partial charge in [0.15, 0.2) is 0 Å². The molecular formula is C8H5ClO2. The van der Waals surface area contributed by atoms with Gasteiger partial charge in [-0.05, 0) is 18.2 Å². The highest BCUT2D eigenvalue weighted by molar-refractivity contribution is 6.09. The van der Waals surface area contributed by atoms with Crippen molar-refractivity contribution in [2.45, 2.75) is 0 Å². The Kier molecular flexibility index (Phi) is 1.47. The summed E-state index contributed by atoms with van der Waals surface area (Å²) < 4.78 is 9.63. The Morgan fingerprint density at radius 2 is 2.18 bits per heavy atom. The van der Waals surface area contributed by atoms with Gasteiger partial charge in [-0.1, -0.05) is 0 Å². The Labute approximate surface area is 68.5 Å². The van der Waals surface area contributed by atoms with Crippen molar-refractivity contribution in [3.63, 3.8) is 0 Å². The van der Waals surface area contributed by atoms with Crippen LogP contribution in [0.1, 0.15) is 0 Å². The van der Waals surface area contributed by atoms with Gasteiger partial charge in [0.25, 0.3) is 0 Å². The van der Waals surface area contributed by atoms with Crippen LogP contribution in [-0.2, 0) is 0 Å². The van der Waals surface area contributed by atoms with E-state index in [0.29, 0.717) is 5.75 Å². The molecule has 0 spiro atoms. The van der Waals surface area contributed by atoms with Crippen molar-refractivity contribution < 1.29 is 8.71 Å². The summed E-state index contributed by atoms with van der Waals surface area (Å²) in [4.78, 5) is 0. The number of hydrogen-bond donors (Lipinski definition) is 0. The molecule has 0 aliphatic carbocycles. The van der Waals surface area contributed by atoms with Gasteiger partial charge in [0.2, 0.25) is 0 Å². The van der Waals surface area contributed by atoms with Crippen molar-refractivity contribution in [2.24, 2.45) is 0 Å². The van der Waals surface area contributed by atoms with Crippen LogP contribution >= 0.6 is 11.9 Å². The lowest BCUT2D eigenvalue weighted by atomic mass is 10.2. The molecule has 2 rings (SSSR count). The Balaban J connectivity index is 2.67. The molecule has 0 bridgehead atoms. The first-order valence-corrected chi connectivity index (χ1v) is 3.47. The smallest absolute Gasteiger partial charge is 0.150 e. The molecule has 0 radical (unpaired) electrons. The fourth-order valence-corrected chi connectivity index (χ4v) is 1.08. The van der Waals surface area contributed by atoms with Crippen molar-refractivity contribution in [1.82, 2.24) is 0 Å². The van der Waals surface area contributed by atoms with Gasteiger partial charge < -0.3 is 8.71 Å². The Morgan fingerprint density at radius 1 is 1.27 bits per heavy atom. The maximum atomic E-state index is 5.15. The molecule has 1 aromatic heterocycles. The second-order valence-electron chi connectivity index (χ2n) is 2.20. The SMILES string of the molecule is ClOc1ccc2ccoc2c1. The van der Waals surface area contributed by atoms with Crippen LogP contribution in [0, 0.1) is 0 Å². The Bertz CT molecular complexity index is 367. The predicted molar refractivity (Wildman–Crippen MR) is 42.7 cm³/mol. The minimum Gasteiger partial charge on any atom is -0.464 e. The third-order valence-electron chi connectivity index (χ3n) is 1.52. The number of furan rings is 1. The molecule has 1 heterocycles. The largest absolute Gasteiger partial charge is 0.464 e. The molecule has 0 aliphatic rings. The average molecular weight is 169 g/mol. The maximum Gasteiger partial charge on any atom is 0.150 e. The lowest BCUT2D eigenvalue weighted by molar-refractivity contribution is 0.600. The molecule has 0 atom stereocenters. The van der Waals surface area contributed by atoms with Gasteiger partial charge in [0.05, 0.1) is 6.26 Å². The number of hydrogen-bond acceptors (Lipinski definition) is 2. The monoisotopic (exact) mass is 168 g/mol. The van der Waals surface area contributed by atoms with Crippen LogP contribution in [0.3, 0.4) is 0 Å². The summed E-state index contributed by atoms with van der Waals surface area (Å²) in [7, 11) is 0. The van der Waals surface area contributed by atoms with Gasteiger partial charge in [0.1, 0.15) is 23.2 Å². The second-order valence-corrected chi connectivity index (χ2v) is 2.35. The van der Waals surface area contributed by atoms with E-state index in [9.17, 15) is 0 Å². The summed E-state index contributed by atoms with van der Waals surface area (Å²) in [6.07, 6.45) is 1.63. The summed E-state index contributed by atoms with van der Waals surface area (Å²) >= 11 is 5.15. The highest BCUT2D eigenvalue weighted by Gasteiger charge is 1.97. The fraction of sp³-hybridized carbons (Fsp3) is 0. The zero-order chi connectivity index (χ0) is 7.68. The molecule has 0 fully saturated rings. The van der Waals surface area contributed by atoms with Crippen LogP contribution in [-0.4, -0.2) is 0 Å².